The molecule has 0 unspecified atom stereocenters. The molecule has 164 valence electrons. The molecule has 1 aliphatic heterocycles. The quantitative estimate of drug-likeness (QED) is 0.562. The third kappa shape index (κ3) is 4.46. The third-order valence-corrected chi connectivity index (χ3v) is 7.16. The van der Waals surface area contributed by atoms with Crippen LogP contribution in [0.1, 0.15) is 55.2 Å². The van der Waals surface area contributed by atoms with Gasteiger partial charge < -0.3 is 5.11 Å². The Bertz CT molecular complexity index is 1060. The molecule has 0 radical (unpaired) electrons. The van der Waals surface area contributed by atoms with E-state index < -0.39 is 6.10 Å². The van der Waals surface area contributed by atoms with Crippen molar-refractivity contribution in [3.05, 3.63) is 101 Å². The standard InChI is InChI=1S/C28H31N3O/c1-27(2,25-10-6-7-18-30-25)31-19-17-28(21-31,26(32)24-8-4-3-5-9-24)16-15-22-11-13-23(20-29)14-12-22/h3-14,18,26,32H,15-17,19,21H2,1-2H3/t26-,28-/m1/s1. The van der Waals surface area contributed by atoms with Gasteiger partial charge in [-0.05, 0) is 75.0 Å². The second-order valence-electron chi connectivity index (χ2n) is 9.43. The average molecular weight is 426 g/mol. The van der Waals surface area contributed by atoms with E-state index in [0.29, 0.717) is 5.56 Å². The number of aryl methyl sites for hydroxylation is 1. The minimum atomic E-state index is -0.536. The van der Waals surface area contributed by atoms with E-state index in [4.69, 9.17) is 5.26 Å². The Morgan fingerprint density at radius 1 is 1.06 bits per heavy atom. The molecule has 4 heteroatoms. The number of aliphatic hydroxyl groups is 1. The number of rotatable bonds is 7. The molecule has 1 saturated heterocycles. The molecule has 4 rings (SSSR count). The first-order valence-electron chi connectivity index (χ1n) is 11.3. The van der Waals surface area contributed by atoms with E-state index in [-0.39, 0.29) is 11.0 Å². The lowest BCUT2D eigenvalue weighted by Crippen LogP contribution is -2.43. The highest BCUT2D eigenvalue weighted by Gasteiger charge is 2.48. The molecular formula is C28H31N3O. The Kier molecular flexibility index (Phi) is 6.41. The van der Waals surface area contributed by atoms with E-state index in [0.717, 1.165) is 43.6 Å². The second kappa shape index (κ2) is 9.24. The molecule has 3 aromatic rings. The summed E-state index contributed by atoms with van der Waals surface area (Å²) in [4.78, 5) is 7.10. The SMILES string of the molecule is CC(C)(c1ccccn1)N1CC[C@@](CCc2ccc(C#N)cc2)([C@H](O)c2ccccc2)C1. The van der Waals surface area contributed by atoms with E-state index in [1.54, 1.807) is 0 Å². The molecule has 0 bridgehead atoms. The van der Waals surface area contributed by atoms with Crippen LogP contribution in [0.5, 0.6) is 0 Å². The van der Waals surface area contributed by atoms with Crippen molar-refractivity contribution in [1.82, 2.24) is 9.88 Å². The smallest absolute Gasteiger partial charge is 0.0991 e. The average Bonchev–Trinajstić information content (AvgIpc) is 3.30. The molecule has 0 saturated carbocycles. The van der Waals surface area contributed by atoms with Crippen molar-refractivity contribution in [2.45, 2.75) is 44.8 Å². The van der Waals surface area contributed by atoms with E-state index >= 15 is 0 Å². The fourth-order valence-electron chi connectivity index (χ4n) is 4.95. The molecule has 1 aliphatic rings. The number of likely N-dealkylation sites (tertiary alicyclic amines) is 1. The molecule has 1 fully saturated rings. The molecule has 4 nitrogen and oxygen atoms in total. The Morgan fingerprint density at radius 3 is 2.44 bits per heavy atom. The van der Waals surface area contributed by atoms with Gasteiger partial charge in [0.15, 0.2) is 0 Å². The van der Waals surface area contributed by atoms with Crippen LogP contribution < -0.4 is 0 Å². The van der Waals surface area contributed by atoms with Crippen LogP contribution in [0.25, 0.3) is 0 Å². The number of nitriles is 1. The summed E-state index contributed by atoms with van der Waals surface area (Å²) in [6.45, 7) is 6.17. The van der Waals surface area contributed by atoms with Crippen LogP contribution >= 0.6 is 0 Å². The van der Waals surface area contributed by atoms with Gasteiger partial charge in [-0.1, -0.05) is 48.5 Å². The number of hydrogen-bond donors (Lipinski definition) is 1. The fraction of sp³-hybridized carbons (Fsp3) is 0.357. The van der Waals surface area contributed by atoms with Gasteiger partial charge in [0.1, 0.15) is 0 Å². The monoisotopic (exact) mass is 425 g/mol. The first-order chi connectivity index (χ1) is 15.4. The number of aliphatic hydroxyl groups excluding tert-OH is 1. The van der Waals surface area contributed by atoms with Crippen molar-refractivity contribution in [2.75, 3.05) is 13.1 Å². The van der Waals surface area contributed by atoms with Gasteiger partial charge in [-0.3, -0.25) is 9.88 Å². The zero-order valence-electron chi connectivity index (χ0n) is 18.9. The van der Waals surface area contributed by atoms with Crippen LogP contribution in [-0.4, -0.2) is 28.1 Å². The number of hydrogen-bond acceptors (Lipinski definition) is 4. The first-order valence-corrected chi connectivity index (χ1v) is 11.3. The Hall–Kier alpha value is -3.00. The Balaban J connectivity index is 1.60. The largest absolute Gasteiger partial charge is 0.388 e. The highest BCUT2D eigenvalue weighted by Crippen LogP contribution is 2.48. The molecule has 2 atom stereocenters. The summed E-state index contributed by atoms with van der Waals surface area (Å²) in [6.07, 6.45) is 3.99. The molecule has 0 aliphatic carbocycles. The van der Waals surface area contributed by atoms with Gasteiger partial charge >= 0.3 is 0 Å². The summed E-state index contributed by atoms with van der Waals surface area (Å²) in [5.74, 6) is 0. The summed E-state index contributed by atoms with van der Waals surface area (Å²) in [6, 6.07) is 26.1. The van der Waals surface area contributed by atoms with Crippen LogP contribution in [0.4, 0.5) is 0 Å². The highest BCUT2D eigenvalue weighted by atomic mass is 16.3. The lowest BCUT2D eigenvalue weighted by atomic mass is 9.73. The second-order valence-corrected chi connectivity index (χ2v) is 9.43. The summed E-state index contributed by atoms with van der Waals surface area (Å²) >= 11 is 0. The lowest BCUT2D eigenvalue weighted by molar-refractivity contribution is 0.0114. The van der Waals surface area contributed by atoms with Gasteiger partial charge in [-0.2, -0.15) is 5.26 Å². The predicted octanol–water partition coefficient (Wildman–Crippen LogP) is 5.25. The topological polar surface area (TPSA) is 60.2 Å². The van der Waals surface area contributed by atoms with Crippen LogP contribution in [0.2, 0.25) is 0 Å². The maximum Gasteiger partial charge on any atom is 0.0991 e. The van der Waals surface area contributed by atoms with Gasteiger partial charge in [-0.15, -0.1) is 0 Å². The summed E-state index contributed by atoms with van der Waals surface area (Å²) in [5, 5.41) is 20.7. The van der Waals surface area contributed by atoms with Crippen molar-refractivity contribution in [2.24, 2.45) is 5.41 Å². The number of benzene rings is 2. The molecule has 0 amide bonds. The van der Waals surface area contributed by atoms with Gasteiger partial charge in [0.05, 0.1) is 29.0 Å². The molecule has 32 heavy (non-hydrogen) atoms. The van der Waals surface area contributed by atoms with Crippen molar-refractivity contribution < 1.29 is 5.11 Å². The molecule has 0 spiro atoms. The Morgan fingerprint density at radius 2 is 1.78 bits per heavy atom. The van der Waals surface area contributed by atoms with E-state index in [1.165, 1.54) is 5.56 Å². The highest BCUT2D eigenvalue weighted by molar-refractivity contribution is 5.32. The zero-order chi connectivity index (χ0) is 22.6. The molecule has 1 N–H and O–H groups in total. The minimum absolute atomic E-state index is 0.214. The van der Waals surface area contributed by atoms with E-state index in [9.17, 15) is 5.11 Å². The number of nitrogens with zero attached hydrogens (tertiary/aromatic N) is 3. The van der Waals surface area contributed by atoms with E-state index in [2.05, 4.69) is 35.9 Å². The molecular weight excluding hydrogens is 394 g/mol. The van der Waals surface area contributed by atoms with Crippen LogP contribution in [0.3, 0.4) is 0 Å². The van der Waals surface area contributed by atoms with Crippen LogP contribution in [-0.2, 0) is 12.0 Å². The molecule has 2 aromatic carbocycles. The van der Waals surface area contributed by atoms with Crippen molar-refractivity contribution in [3.8, 4) is 6.07 Å². The maximum atomic E-state index is 11.6. The van der Waals surface area contributed by atoms with Gasteiger partial charge in [0, 0.05) is 18.2 Å². The summed E-state index contributed by atoms with van der Waals surface area (Å²) < 4.78 is 0. The third-order valence-electron chi connectivity index (χ3n) is 7.16. The minimum Gasteiger partial charge on any atom is -0.388 e. The van der Waals surface area contributed by atoms with Gasteiger partial charge in [0.25, 0.3) is 0 Å². The van der Waals surface area contributed by atoms with Crippen LogP contribution in [0.15, 0.2) is 79.0 Å². The van der Waals surface area contributed by atoms with Gasteiger partial charge in [-0.25, -0.2) is 0 Å². The maximum absolute atomic E-state index is 11.6. The number of aromatic nitrogens is 1. The molecule has 1 aromatic heterocycles. The summed E-state index contributed by atoms with van der Waals surface area (Å²) in [5.41, 5.74) is 3.44. The summed E-state index contributed by atoms with van der Waals surface area (Å²) in [7, 11) is 0. The number of pyridine rings is 1. The van der Waals surface area contributed by atoms with Crippen molar-refractivity contribution in [3.63, 3.8) is 0 Å². The predicted molar refractivity (Wildman–Crippen MR) is 127 cm³/mol. The Labute approximate surface area is 191 Å². The fourth-order valence-corrected chi connectivity index (χ4v) is 4.95. The first kappa shape index (κ1) is 22.2. The van der Waals surface area contributed by atoms with Crippen molar-refractivity contribution in [1.29, 1.82) is 5.26 Å². The van der Waals surface area contributed by atoms with Crippen LogP contribution in [0, 0.1) is 16.7 Å². The van der Waals surface area contributed by atoms with Gasteiger partial charge in [0.2, 0.25) is 0 Å². The molecule has 2 heterocycles. The lowest BCUT2D eigenvalue weighted by Gasteiger charge is -2.39. The normalized spacial score (nSPS) is 20.1. The zero-order valence-corrected chi connectivity index (χ0v) is 18.9. The van der Waals surface area contributed by atoms with Crippen molar-refractivity contribution >= 4 is 0 Å². The van der Waals surface area contributed by atoms with E-state index in [1.807, 2.05) is 72.9 Å².